The molecule has 1 aliphatic rings. The molecule has 2 rings (SSSR count). The van der Waals surface area contributed by atoms with Crippen LogP contribution in [0.25, 0.3) is 0 Å². The normalized spacial score (nSPS) is 21.8. The number of benzene rings is 1. The van der Waals surface area contributed by atoms with Crippen molar-refractivity contribution in [2.24, 2.45) is 0 Å². The lowest BCUT2D eigenvalue weighted by Crippen LogP contribution is -2.47. The van der Waals surface area contributed by atoms with Crippen LogP contribution in [0.4, 0.5) is 10.1 Å². The van der Waals surface area contributed by atoms with E-state index in [4.69, 9.17) is 0 Å². The molecule has 1 heterocycles. The number of aliphatic hydroxyl groups is 1. The smallest absolute Gasteiger partial charge is 0.169 e. The van der Waals surface area contributed by atoms with Crippen molar-refractivity contribution in [2.45, 2.75) is 18.4 Å². The largest absolute Gasteiger partial charge is 0.389 e. The fourth-order valence-electron chi connectivity index (χ4n) is 2.36. The first-order valence-corrected chi connectivity index (χ1v) is 9.43. The van der Waals surface area contributed by atoms with Crippen LogP contribution >= 0.6 is 11.8 Å². The maximum atomic E-state index is 14.2. The Morgan fingerprint density at radius 3 is 2.80 bits per heavy atom. The third-order valence-electron chi connectivity index (χ3n) is 3.33. The SMILES string of the molecule is CC(O)c1cccc(F)c1N1CCSCC1S(C)(=O)=O. The zero-order chi connectivity index (χ0) is 14.9. The number of rotatable bonds is 3. The number of sulfone groups is 1. The fraction of sp³-hybridized carbons (Fsp3) is 0.538. The van der Waals surface area contributed by atoms with E-state index in [1.165, 1.54) is 18.4 Å². The highest BCUT2D eigenvalue weighted by atomic mass is 32.2. The maximum absolute atomic E-state index is 14.2. The molecule has 7 heteroatoms. The molecule has 4 nitrogen and oxygen atoms in total. The average molecular weight is 319 g/mol. The second-order valence-corrected chi connectivity index (χ2v) is 8.26. The van der Waals surface area contributed by atoms with Crippen LogP contribution in [0.2, 0.25) is 0 Å². The second-order valence-electron chi connectivity index (χ2n) is 4.91. The highest BCUT2D eigenvalue weighted by Gasteiger charge is 2.34. The van der Waals surface area contributed by atoms with Crippen molar-refractivity contribution in [3.8, 4) is 0 Å². The minimum absolute atomic E-state index is 0.207. The number of thioether (sulfide) groups is 1. The van der Waals surface area contributed by atoms with Crippen molar-refractivity contribution in [2.75, 3.05) is 29.2 Å². The van der Waals surface area contributed by atoms with E-state index < -0.39 is 27.1 Å². The fourth-order valence-corrected chi connectivity index (χ4v) is 5.19. The lowest BCUT2D eigenvalue weighted by Gasteiger charge is -2.37. The average Bonchev–Trinajstić information content (AvgIpc) is 2.37. The van der Waals surface area contributed by atoms with Crippen LogP contribution in [-0.2, 0) is 9.84 Å². The predicted octanol–water partition coefficient (Wildman–Crippen LogP) is 1.80. The van der Waals surface area contributed by atoms with Gasteiger partial charge in [0.1, 0.15) is 11.2 Å². The van der Waals surface area contributed by atoms with Crippen LogP contribution in [0.1, 0.15) is 18.6 Å². The molecule has 0 spiro atoms. The van der Waals surface area contributed by atoms with Gasteiger partial charge in [-0.15, -0.1) is 0 Å². The molecule has 0 bridgehead atoms. The summed E-state index contributed by atoms with van der Waals surface area (Å²) < 4.78 is 38.0. The zero-order valence-electron chi connectivity index (χ0n) is 11.4. The van der Waals surface area contributed by atoms with Gasteiger partial charge in [-0.1, -0.05) is 12.1 Å². The molecule has 0 aliphatic carbocycles. The van der Waals surface area contributed by atoms with Crippen LogP contribution in [0.5, 0.6) is 0 Å². The molecule has 1 aromatic rings. The lowest BCUT2D eigenvalue weighted by molar-refractivity contribution is 0.199. The van der Waals surface area contributed by atoms with Crippen LogP contribution < -0.4 is 4.90 Å². The Balaban J connectivity index is 2.53. The molecule has 1 fully saturated rings. The zero-order valence-corrected chi connectivity index (χ0v) is 13.0. The number of halogens is 1. The van der Waals surface area contributed by atoms with Crippen molar-refractivity contribution < 1.29 is 17.9 Å². The van der Waals surface area contributed by atoms with Gasteiger partial charge in [-0.05, 0) is 13.0 Å². The number of nitrogens with zero attached hydrogens (tertiary/aromatic N) is 1. The Bertz CT molecular complexity index is 589. The summed E-state index contributed by atoms with van der Waals surface area (Å²) in [6, 6.07) is 4.45. The third kappa shape index (κ3) is 3.10. The maximum Gasteiger partial charge on any atom is 0.169 e. The van der Waals surface area contributed by atoms with E-state index in [0.29, 0.717) is 17.9 Å². The number of hydrogen-bond donors (Lipinski definition) is 1. The summed E-state index contributed by atoms with van der Waals surface area (Å²) in [7, 11) is -3.33. The Morgan fingerprint density at radius 1 is 1.50 bits per heavy atom. The molecule has 1 N–H and O–H groups in total. The Kier molecular flexibility index (Phi) is 4.61. The van der Waals surface area contributed by atoms with Crippen LogP contribution in [0.3, 0.4) is 0 Å². The van der Waals surface area contributed by atoms with Gasteiger partial charge in [0.05, 0.1) is 11.8 Å². The van der Waals surface area contributed by atoms with Crippen molar-refractivity contribution in [3.63, 3.8) is 0 Å². The molecular weight excluding hydrogens is 301 g/mol. The van der Waals surface area contributed by atoms with Gasteiger partial charge in [-0.3, -0.25) is 0 Å². The van der Waals surface area contributed by atoms with E-state index in [1.54, 1.807) is 29.7 Å². The van der Waals surface area contributed by atoms with Gasteiger partial charge < -0.3 is 10.0 Å². The van der Waals surface area contributed by atoms with E-state index in [-0.39, 0.29) is 5.69 Å². The second kappa shape index (κ2) is 5.91. The molecule has 1 aromatic carbocycles. The molecular formula is C13H18FNO3S2. The molecule has 0 amide bonds. The predicted molar refractivity (Wildman–Crippen MR) is 80.3 cm³/mol. The Labute approximate surface area is 122 Å². The summed E-state index contributed by atoms with van der Waals surface area (Å²) >= 11 is 1.54. The van der Waals surface area contributed by atoms with E-state index in [9.17, 15) is 17.9 Å². The molecule has 1 saturated heterocycles. The summed E-state index contributed by atoms with van der Waals surface area (Å²) in [4.78, 5) is 1.57. The molecule has 2 atom stereocenters. The van der Waals surface area contributed by atoms with E-state index in [1.807, 2.05) is 0 Å². The molecule has 112 valence electrons. The Morgan fingerprint density at radius 2 is 2.20 bits per heavy atom. The third-order valence-corrected chi connectivity index (χ3v) is 5.98. The minimum Gasteiger partial charge on any atom is -0.389 e. The summed E-state index contributed by atoms with van der Waals surface area (Å²) in [5, 5.41) is 9.05. The first-order valence-electron chi connectivity index (χ1n) is 6.32. The summed E-state index contributed by atoms with van der Waals surface area (Å²) in [5.74, 6) is 0.649. The minimum atomic E-state index is -3.33. The standard InChI is InChI=1S/C13H18FNO3S2/c1-9(16)10-4-3-5-11(14)13(10)15-6-7-19-8-12(15)20(2,17)18/h3-5,9,12,16H,6-8H2,1-2H3. The van der Waals surface area contributed by atoms with Gasteiger partial charge in [0.25, 0.3) is 0 Å². The first kappa shape index (κ1) is 15.6. The van der Waals surface area contributed by atoms with Crippen molar-refractivity contribution in [1.82, 2.24) is 0 Å². The van der Waals surface area contributed by atoms with Gasteiger partial charge in [0, 0.05) is 29.9 Å². The number of aliphatic hydroxyl groups excluding tert-OH is 1. The number of anilines is 1. The highest BCUT2D eigenvalue weighted by molar-refractivity contribution is 8.01. The van der Waals surface area contributed by atoms with E-state index in [0.717, 1.165) is 5.75 Å². The van der Waals surface area contributed by atoms with Crippen molar-refractivity contribution in [3.05, 3.63) is 29.6 Å². The highest BCUT2D eigenvalue weighted by Crippen LogP contribution is 2.34. The van der Waals surface area contributed by atoms with E-state index >= 15 is 0 Å². The van der Waals surface area contributed by atoms with Crippen LogP contribution in [-0.4, -0.2) is 43.2 Å². The topological polar surface area (TPSA) is 57.6 Å². The lowest BCUT2D eigenvalue weighted by atomic mass is 10.1. The van der Waals surface area contributed by atoms with Crippen molar-refractivity contribution in [1.29, 1.82) is 0 Å². The van der Waals surface area contributed by atoms with Crippen LogP contribution in [0.15, 0.2) is 18.2 Å². The summed E-state index contributed by atoms with van der Waals surface area (Å²) in [6.45, 7) is 2.00. The molecule has 20 heavy (non-hydrogen) atoms. The van der Waals surface area contributed by atoms with Gasteiger partial charge in [-0.2, -0.15) is 11.8 Å². The van der Waals surface area contributed by atoms with Gasteiger partial charge in [-0.25, -0.2) is 12.8 Å². The number of para-hydroxylation sites is 1. The molecule has 0 aromatic heterocycles. The van der Waals surface area contributed by atoms with Crippen molar-refractivity contribution >= 4 is 27.3 Å². The summed E-state index contributed by atoms with van der Waals surface area (Å²) in [5.41, 5.74) is 0.628. The molecule has 2 unspecified atom stereocenters. The van der Waals surface area contributed by atoms with Gasteiger partial charge in [0.2, 0.25) is 0 Å². The number of hydrogen-bond acceptors (Lipinski definition) is 5. The monoisotopic (exact) mass is 319 g/mol. The first-order chi connectivity index (χ1) is 9.32. The molecule has 0 saturated carbocycles. The van der Waals surface area contributed by atoms with E-state index in [2.05, 4.69) is 0 Å². The molecule has 1 aliphatic heterocycles. The quantitative estimate of drug-likeness (QED) is 0.921. The van der Waals surface area contributed by atoms with Gasteiger partial charge in [0.15, 0.2) is 9.84 Å². The summed E-state index contributed by atoms with van der Waals surface area (Å²) in [6.07, 6.45) is 0.315. The van der Waals surface area contributed by atoms with Crippen LogP contribution in [0, 0.1) is 5.82 Å². The molecule has 0 radical (unpaired) electrons. The van der Waals surface area contributed by atoms with Gasteiger partial charge >= 0.3 is 0 Å². The Hall–Kier alpha value is -0.790.